The van der Waals surface area contributed by atoms with Crippen LogP contribution in [0, 0.1) is 0 Å². The molecular formula is C22H23ClFN3O3. The highest BCUT2D eigenvalue weighted by atomic mass is 35.5. The van der Waals surface area contributed by atoms with Crippen molar-refractivity contribution in [1.29, 1.82) is 0 Å². The number of benzene rings is 2. The Morgan fingerprint density at radius 3 is 2.70 bits per heavy atom. The number of likely N-dealkylation sites (N-methyl/N-ethyl adjacent to an activating group) is 1. The number of rotatable bonds is 4. The molecule has 2 aliphatic rings. The normalized spacial score (nSPS) is 25.7. The molecule has 30 heavy (non-hydrogen) atoms. The van der Waals surface area contributed by atoms with E-state index in [2.05, 4.69) is 5.32 Å². The number of nitrogens with zero attached hydrogens (tertiary/aromatic N) is 2. The van der Waals surface area contributed by atoms with Crippen LogP contribution in [0.15, 0.2) is 42.5 Å². The maximum atomic E-state index is 14.8. The van der Waals surface area contributed by atoms with Crippen molar-refractivity contribution >= 4 is 29.1 Å². The zero-order valence-electron chi connectivity index (χ0n) is 17.0. The fraction of sp³-hybridized carbons (Fsp3) is 0.364. The topological polar surface area (TPSA) is 61.9 Å². The molecule has 1 saturated heterocycles. The number of carbonyl (C=O) groups excluding carboxylic acids is 2. The predicted molar refractivity (Wildman–Crippen MR) is 113 cm³/mol. The van der Waals surface area contributed by atoms with Crippen molar-refractivity contribution in [3.05, 3.63) is 58.6 Å². The number of para-hydroxylation sites is 1. The van der Waals surface area contributed by atoms with Crippen LogP contribution in [0.5, 0.6) is 5.75 Å². The van der Waals surface area contributed by atoms with Crippen molar-refractivity contribution in [2.24, 2.45) is 0 Å². The average molecular weight is 432 g/mol. The highest BCUT2D eigenvalue weighted by Crippen LogP contribution is 2.51. The molecule has 6 nitrogen and oxygen atoms in total. The molecule has 0 aliphatic carbocycles. The minimum atomic E-state index is -1.45. The Balaban J connectivity index is 2.03. The van der Waals surface area contributed by atoms with Crippen molar-refractivity contribution in [3.63, 3.8) is 0 Å². The maximum absolute atomic E-state index is 14.8. The van der Waals surface area contributed by atoms with Crippen molar-refractivity contribution in [1.82, 2.24) is 9.80 Å². The van der Waals surface area contributed by atoms with Gasteiger partial charge in [-0.25, -0.2) is 4.39 Å². The molecule has 1 fully saturated rings. The largest absolute Gasteiger partial charge is 0.496 e. The molecule has 2 heterocycles. The second-order valence-corrected chi connectivity index (χ2v) is 8.22. The summed E-state index contributed by atoms with van der Waals surface area (Å²) in [5.41, 5.74) is 0.241. The Morgan fingerprint density at radius 1 is 1.27 bits per heavy atom. The van der Waals surface area contributed by atoms with E-state index < -0.39 is 17.8 Å². The number of nitrogens with one attached hydrogen (secondary N) is 1. The van der Waals surface area contributed by atoms with E-state index in [1.807, 2.05) is 0 Å². The highest BCUT2D eigenvalue weighted by molar-refractivity contribution is 6.31. The van der Waals surface area contributed by atoms with Crippen LogP contribution in [0.3, 0.4) is 0 Å². The number of anilines is 1. The van der Waals surface area contributed by atoms with E-state index >= 15 is 0 Å². The van der Waals surface area contributed by atoms with E-state index in [9.17, 15) is 14.0 Å². The van der Waals surface area contributed by atoms with Gasteiger partial charge in [-0.3, -0.25) is 14.5 Å². The van der Waals surface area contributed by atoms with Gasteiger partial charge in [0.15, 0.2) is 5.54 Å². The molecule has 4 rings (SSSR count). The number of hydrogen-bond acceptors (Lipinski definition) is 4. The number of methoxy groups -OCH3 is 1. The van der Waals surface area contributed by atoms with E-state index in [1.165, 1.54) is 12.0 Å². The standard InChI is InChI=1S/C22H23ClFN3O3/c1-26(2)20(28)18-11-14(24)12-27(18)22(15-6-4-5-7-19(15)30-3)16-10-13(23)8-9-17(16)25-21(22)29/h4-10,14,18H,11-12H2,1-3H3,(H,25,29)/t14-,18-,22?/m0/s1. The van der Waals surface area contributed by atoms with Crippen molar-refractivity contribution < 1.29 is 18.7 Å². The number of likely N-dealkylation sites (tertiary alicyclic amines) is 1. The number of amides is 2. The van der Waals surface area contributed by atoms with Crippen LogP contribution in [-0.4, -0.2) is 61.6 Å². The van der Waals surface area contributed by atoms with E-state index in [0.29, 0.717) is 27.6 Å². The number of alkyl halides is 1. The Kier molecular flexibility index (Phi) is 5.20. The van der Waals surface area contributed by atoms with Crippen LogP contribution in [-0.2, 0) is 15.1 Å². The Hall–Kier alpha value is -2.64. The lowest BCUT2D eigenvalue weighted by atomic mass is 9.80. The quantitative estimate of drug-likeness (QED) is 0.808. The van der Waals surface area contributed by atoms with Gasteiger partial charge in [0.2, 0.25) is 5.91 Å². The zero-order valence-corrected chi connectivity index (χ0v) is 17.7. The minimum absolute atomic E-state index is 0.0110. The second kappa shape index (κ2) is 7.56. The Bertz CT molecular complexity index is 1010. The molecule has 1 N–H and O–H groups in total. The van der Waals surface area contributed by atoms with Crippen LogP contribution in [0.2, 0.25) is 5.02 Å². The summed E-state index contributed by atoms with van der Waals surface area (Å²) in [7, 11) is 4.77. The van der Waals surface area contributed by atoms with Gasteiger partial charge in [-0.05, 0) is 24.3 Å². The van der Waals surface area contributed by atoms with Crippen LogP contribution < -0.4 is 10.1 Å². The number of fused-ring (bicyclic) bond motifs is 1. The molecule has 2 amide bonds. The summed E-state index contributed by atoms with van der Waals surface area (Å²) in [6.45, 7) is -0.0678. The van der Waals surface area contributed by atoms with Crippen molar-refractivity contribution in [3.8, 4) is 5.75 Å². The van der Waals surface area contributed by atoms with Gasteiger partial charge in [-0.1, -0.05) is 29.8 Å². The third kappa shape index (κ3) is 2.96. The molecule has 0 radical (unpaired) electrons. The van der Waals surface area contributed by atoms with Gasteiger partial charge in [0.25, 0.3) is 5.91 Å². The fourth-order valence-electron chi connectivity index (χ4n) is 4.60. The minimum Gasteiger partial charge on any atom is -0.496 e. The van der Waals surface area contributed by atoms with E-state index in [4.69, 9.17) is 16.3 Å². The number of ether oxygens (including phenoxy) is 1. The SMILES string of the molecule is COc1ccccc1C1(N2C[C@@H](F)C[C@H]2C(=O)N(C)C)C(=O)Nc2ccc(Cl)cc21. The number of hydrogen-bond donors (Lipinski definition) is 1. The first-order valence-corrected chi connectivity index (χ1v) is 10.1. The molecule has 0 saturated carbocycles. The Labute approximate surface area is 179 Å². The maximum Gasteiger partial charge on any atom is 0.254 e. The van der Waals surface area contributed by atoms with Crippen molar-refractivity contribution in [2.45, 2.75) is 24.2 Å². The lowest BCUT2D eigenvalue weighted by molar-refractivity contribution is -0.138. The molecule has 2 aliphatic heterocycles. The first-order chi connectivity index (χ1) is 14.3. The summed E-state index contributed by atoms with van der Waals surface area (Å²) in [4.78, 5) is 29.8. The van der Waals surface area contributed by atoms with Gasteiger partial charge in [0, 0.05) is 48.9 Å². The summed E-state index contributed by atoms with van der Waals surface area (Å²) < 4.78 is 20.3. The number of carbonyl (C=O) groups is 2. The van der Waals surface area contributed by atoms with Crippen LogP contribution >= 0.6 is 11.6 Å². The summed E-state index contributed by atoms with van der Waals surface area (Å²) in [5.74, 6) is -0.151. The van der Waals surface area contributed by atoms with Crippen LogP contribution in [0.25, 0.3) is 0 Å². The molecular weight excluding hydrogens is 409 g/mol. The zero-order chi connectivity index (χ0) is 21.6. The molecule has 1 unspecified atom stereocenters. The predicted octanol–water partition coefficient (Wildman–Crippen LogP) is 3.04. The van der Waals surface area contributed by atoms with E-state index in [0.717, 1.165) is 0 Å². The smallest absolute Gasteiger partial charge is 0.254 e. The van der Waals surface area contributed by atoms with E-state index in [1.54, 1.807) is 61.5 Å². The van der Waals surface area contributed by atoms with Crippen LogP contribution in [0.4, 0.5) is 10.1 Å². The van der Waals surface area contributed by atoms with Gasteiger partial charge in [-0.15, -0.1) is 0 Å². The summed E-state index contributed by atoms with van der Waals surface area (Å²) in [5, 5.41) is 3.34. The average Bonchev–Trinajstić information content (AvgIpc) is 3.24. The third-order valence-corrected chi connectivity index (χ3v) is 6.09. The van der Waals surface area contributed by atoms with Crippen molar-refractivity contribution in [2.75, 3.05) is 33.1 Å². The first kappa shape index (κ1) is 20.6. The summed E-state index contributed by atoms with van der Waals surface area (Å²) >= 11 is 6.31. The van der Waals surface area contributed by atoms with Gasteiger partial charge in [0.1, 0.15) is 11.9 Å². The van der Waals surface area contributed by atoms with Gasteiger partial charge < -0.3 is 15.0 Å². The molecule has 0 bridgehead atoms. The van der Waals surface area contributed by atoms with Gasteiger partial charge in [0.05, 0.1) is 13.2 Å². The molecule has 2 aromatic rings. The fourth-order valence-corrected chi connectivity index (χ4v) is 4.77. The molecule has 2 aromatic carbocycles. The highest BCUT2D eigenvalue weighted by Gasteiger charge is 2.59. The van der Waals surface area contributed by atoms with Gasteiger partial charge >= 0.3 is 0 Å². The second-order valence-electron chi connectivity index (χ2n) is 7.79. The molecule has 0 spiro atoms. The molecule has 158 valence electrons. The summed E-state index contributed by atoms with van der Waals surface area (Å²) in [6.07, 6.45) is -1.24. The lowest BCUT2D eigenvalue weighted by Gasteiger charge is -2.41. The van der Waals surface area contributed by atoms with E-state index in [-0.39, 0.29) is 24.8 Å². The summed E-state index contributed by atoms with van der Waals surface area (Å²) in [6, 6.07) is 11.4. The van der Waals surface area contributed by atoms with Gasteiger partial charge in [-0.2, -0.15) is 0 Å². The number of halogens is 2. The first-order valence-electron chi connectivity index (χ1n) is 9.67. The lowest BCUT2D eigenvalue weighted by Crippen LogP contribution is -2.57. The molecule has 3 atom stereocenters. The molecule has 8 heteroatoms. The Morgan fingerprint density at radius 2 is 2.00 bits per heavy atom. The third-order valence-electron chi connectivity index (χ3n) is 5.85. The molecule has 0 aromatic heterocycles. The monoisotopic (exact) mass is 431 g/mol. The van der Waals surface area contributed by atoms with Crippen LogP contribution in [0.1, 0.15) is 17.5 Å².